The molecule has 0 spiro atoms. The van der Waals surface area contributed by atoms with Gasteiger partial charge in [-0.25, -0.2) is 14.0 Å². The van der Waals surface area contributed by atoms with Gasteiger partial charge >= 0.3 is 5.69 Å². The molecule has 132 valence electrons. The van der Waals surface area contributed by atoms with Gasteiger partial charge in [0.2, 0.25) is 5.91 Å². The first kappa shape index (κ1) is 16.3. The van der Waals surface area contributed by atoms with Crippen molar-refractivity contribution < 1.29 is 4.79 Å². The Morgan fingerprint density at radius 3 is 2.31 bits per heavy atom. The number of benzene rings is 2. The van der Waals surface area contributed by atoms with Crippen molar-refractivity contribution in [3.8, 4) is 5.69 Å². The lowest BCUT2D eigenvalue weighted by Gasteiger charge is -2.16. The molecule has 6 nitrogen and oxygen atoms in total. The van der Waals surface area contributed by atoms with Crippen LogP contribution in [0.5, 0.6) is 0 Å². The molecule has 1 fully saturated rings. The van der Waals surface area contributed by atoms with E-state index in [-0.39, 0.29) is 18.1 Å². The largest absolute Gasteiger partial charge is 0.351 e. The summed E-state index contributed by atoms with van der Waals surface area (Å²) in [5, 5.41) is 4.48. The molecule has 1 amide bonds. The molecule has 4 rings (SSSR count). The number of carbonyl (C=O) groups is 1. The van der Waals surface area contributed by atoms with E-state index in [4.69, 9.17) is 0 Å². The lowest BCUT2D eigenvalue weighted by atomic mass is 10.3. The Bertz CT molecular complexity index is 972. The van der Waals surface area contributed by atoms with E-state index in [2.05, 4.69) is 5.10 Å². The maximum Gasteiger partial charge on any atom is 0.351 e. The van der Waals surface area contributed by atoms with Gasteiger partial charge < -0.3 is 4.90 Å². The molecule has 0 unspecified atom stereocenters. The van der Waals surface area contributed by atoms with E-state index >= 15 is 0 Å². The summed E-state index contributed by atoms with van der Waals surface area (Å²) in [5.41, 5.74) is 1.30. The minimum Gasteiger partial charge on any atom is -0.314 e. The van der Waals surface area contributed by atoms with Crippen molar-refractivity contribution >= 4 is 11.6 Å². The second kappa shape index (κ2) is 6.63. The number of aromatic nitrogens is 3. The molecule has 2 aromatic carbocycles. The minimum absolute atomic E-state index is 0.0796. The third kappa shape index (κ3) is 3.06. The minimum atomic E-state index is -0.270. The van der Waals surface area contributed by atoms with Crippen molar-refractivity contribution in [3.63, 3.8) is 0 Å². The topological polar surface area (TPSA) is 60.1 Å². The lowest BCUT2D eigenvalue weighted by Crippen LogP contribution is -2.34. The van der Waals surface area contributed by atoms with Gasteiger partial charge in [0.25, 0.3) is 0 Å². The molecule has 3 aromatic rings. The maximum absolute atomic E-state index is 12.9. The molecule has 0 saturated heterocycles. The molecule has 1 aromatic heterocycles. The van der Waals surface area contributed by atoms with Gasteiger partial charge in [0.05, 0.1) is 5.69 Å². The van der Waals surface area contributed by atoms with Crippen LogP contribution in [-0.4, -0.2) is 27.3 Å². The second-order valence-corrected chi connectivity index (χ2v) is 6.53. The number of amides is 1. The highest BCUT2D eigenvalue weighted by Gasteiger charge is 2.32. The summed E-state index contributed by atoms with van der Waals surface area (Å²) in [7, 11) is 1.71. The molecule has 6 heteroatoms. The van der Waals surface area contributed by atoms with Gasteiger partial charge in [-0.05, 0) is 37.1 Å². The van der Waals surface area contributed by atoms with Gasteiger partial charge in [-0.3, -0.25) is 4.79 Å². The van der Waals surface area contributed by atoms with Crippen molar-refractivity contribution in [1.82, 2.24) is 14.3 Å². The van der Waals surface area contributed by atoms with E-state index in [0.717, 1.165) is 30.0 Å². The Balaban J connectivity index is 1.65. The van der Waals surface area contributed by atoms with Crippen LogP contribution < -0.4 is 10.6 Å². The first-order chi connectivity index (χ1) is 12.6. The molecular formula is C20H20N4O2. The Kier molecular flexibility index (Phi) is 4.16. The predicted molar refractivity (Wildman–Crippen MR) is 99.7 cm³/mol. The van der Waals surface area contributed by atoms with E-state index in [1.54, 1.807) is 16.5 Å². The number of nitrogens with zero attached hydrogens (tertiary/aromatic N) is 4. The normalized spacial score (nSPS) is 13.6. The Hall–Kier alpha value is -3.15. The zero-order chi connectivity index (χ0) is 18.1. The molecule has 1 saturated carbocycles. The van der Waals surface area contributed by atoms with E-state index in [1.165, 1.54) is 4.68 Å². The van der Waals surface area contributed by atoms with Crippen molar-refractivity contribution in [3.05, 3.63) is 77.0 Å². The zero-order valence-electron chi connectivity index (χ0n) is 14.6. The zero-order valence-corrected chi connectivity index (χ0v) is 14.6. The highest BCUT2D eigenvalue weighted by Crippen LogP contribution is 2.39. The van der Waals surface area contributed by atoms with E-state index < -0.39 is 0 Å². The first-order valence-corrected chi connectivity index (χ1v) is 8.72. The van der Waals surface area contributed by atoms with Crippen LogP contribution in [0.2, 0.25) is 0 Å². The van der Waals surface area contributed by atoms with Crippen molar-refractivity contribution in [2.45, 2.75) is 25.3 Å². The highest BCUT2D eigenvalue weighted by molar-refractivity contribution is 5.92. The standard InChI is InChI=1S/C20H20N4O2/c1-22(16-8-4-2-5-9-16)18(25)14-23-20(26)24(17-10-6-3-7-11-17)19(21-23)15-12-13-15/h2-11,15H,12-14H2,1H3. The Labute approximate surface area is 151 Å². The van der Waals surface area contributed by atoms with Crippen LogP contribution in [0.15, 0.2) is 65.5 Å². The fraction of sp³-hybridized carbons (Fsp3) is 0.250. The quantitative estimate of drug-likeness (QED) is 0.712. The van der Waals surface area contributed by atoms with Crippen LogP contribution in [0.3, 0.4) is 0 Å². The highest BCUT2D eigenvalue weighted by atomic mass is 16.2. The Morgan fingerprint density at radius 2 is 1.69 bits per heavy atom. The van der Waals surface area contributed by atoms with Gasteiger partial charge in [0.15, 0.2) is 0 Å². The van der Waals surface area contributed by atoms with Crippen LogP contribution in [0.1, 0.15) is 24.6 Å². The molecule has 0 bridgehead atoms. The summed E-state index contributed by atoms with van der Waals surface area (Å²) < 4.78 is 2.91. The molecule has 0 N–H and O–H groups in total. The molecular weight excluding hydrogens is 328 g/mol. The van der Waals surface area contributed by atoms with Crippen molar-refractivity contribution in [2.24, 2.45) is 0 Å². The molecule has 0 atom stereocenters. The number of carbonyl (C=O) groups excluding carboxylic acids is 1. The van der Waals surface area contributed by atoms with Gasteiger partial charge in [0, 0.05) is 18.7 Å². The second-order valence-electron chi connectivity index (χ2n) is 6.53. The average molecular weight is 348 g/mol. The van der Waals surface area contributed by atoms with Crippen LogP contribution in [0, 0.1) is 0 Å². The predicted octanol–water partition coefficient (Wildman–Crippen LogP) is 2.57. The maximum atomic E-state index is 12.9. The van der Waals surface area contributed by atoms with Crippen LogP contribution in [-0.2, 0) is 11.3 Å². The van der Waals surface area contributed by atoms with E-state index in [9.17, 15) is 9.59 Å². The fourth-order valence-corrected chi connectivity index (χ4v) is 2.98. The number of rotatable bonds is 5. The van der Waals surface area contributed by atoms with Gasteiger partial charge in [0.1, 0.15) is 12.4 Å². The van der Waals surface area contributed by atoms with E-state index in [1.807, 2.05) is 60.7 Å². The lowest BCUT2D eigenvalue weighted by molar-refractivity contribution is -0.119. The number of hydrogen-bond donors (Lipinski definition) is 0. The molecule has 26 heavy (non-hydrogen) atoms. The third-order valence-corrected chi connectivity index (χ3v) is 4.62. The summed E-state index contributed by atoms with van der Waals surface area (Å²) in [6, 6.07) is 18.8. The number of para-hydroxylation sites is 2. The number of anilines is 1. The van der Waals surface area contributed by atoms with E-state index in [0.29, 0.717) is 5.92 Å². The number of likely N-dealkylation sites (N-methyl/N-ethyl adjacent to an activating group) is 1. The fourth-order valence-electron chi connectivity index (χ4n) is 2.98. The monoisotopic (exact) mass is 348 g/mol. The van der Waals surface area contributed by atoms with Crippen molar-refractivity contribution in [2.75, 3.05) is 11.9 Å². The smallest absolute Gasteiger partial charge is 0.314 e. The molecule has 1 heterocycles. The average Bonchev–Trinajstić information content (AvgIpc) is 3.48. The first-order valence-electron chi connectivity index (χ1n) is 8.72. The van der Waals surface area contributed by atoms with Gasteiger partial charge in [-0.15, -0.1) is 0 Å². The van der Waals surface area contributed by atoms with Crippen molar-refractivity contribution in [1.29, 1.82) is 0 Å². The summed E-state index contributed by atoms with van der Waals surface area (Å²) in [6.45, 7) is -0.0796. The molecule has 0 radical (unpaired) electrons. The SMILES string of the molecule is CN(C(=O)Cn1nc(C2CC2)n(-c2ccccc2)c1=O)c1ccccc1. The van der Waals surface area contributed by atoms with Crippen LogP contribution in [0.4, 0.5) is 5.69 Å². The Morgan fingerprint density at radius 1 is 1.08 bits per heavy atom. The summed E-state index contributed by atoms with van der Waals surface area (Å²) in [4.78, 5) is 27.1. The van der Waals surface area contributed by atoms with Crippen LogP contribution >= 0.6 is 0 Å². The summed E-state index contributed by atoms with van der Waals surface area (Å²) >= 11 is 0. The molecule has 1 aliphatic carbocycles. The molecule has 1 aliphatic rings. The van der Waals surface area contributed by atoms with Gasteiger partial charge in [-0.1, -0.05) is 36.4 Å². The number of hydrogen-bond acceptors (Lipinski definition) is 3. The summed E-state index contributed by atoms with van der Waals surface area (Å²) in [5.74, 6) is 0.862. The van der Waals surface area contributed by atoms with Gasteiger partial charge in [-0.2, -0.15) is 5.10 Å². The summed E-state index contributed by atoms with van der Waals surface area (Å²) in [6.07, 6.45) is 2.06. The third-order valence-electron chi connectivity index (χ3n) is 4.62. The van der Waals surface area contributed by atoms with Crippen LogP contribution in [0.25, 0.3) is 5.69 Å². The molecule has 0 aliphatic heterocycles.